The molecule has 2 rings (SSSR count). The normalized spacial score (nSPS) is 28.9. The molecule has 0 saturated carbocycles. The van der Waals surface area contributed by atoms with Crippen molar-refractivity contribution in [2.75, 3.05) is 36.2 Å². The fraction of sp³-hybridized carbons (Fsp3) is 0.800. The topological polar surface area (TPSA) is 25.1 Å². The van der Waals surface area contributed by atoms with Crippen molar-refractivity contribution in [1.29, 1.82) is 0 Å². The molecule has 0 N–H and O–H groups in total. The van der Waals surface area contributed by atoms with Crippen molar-refractivity contribution in [3.63, 3.8) is 0 Å². The molecule has 0 aliphatic carbocycles. The Hall–Kier alpha value is 0.360. The van der Waals surface area contributed by atoms with Crippen LogP contribution in [0.15, 0.2) is 12.2 Å². The van der Waals surface area contributed by atoms with Gasteiger partial charge in [-0.1, -0.05) is 12.2 Å². The summed E-state index contributed by atoms with van der Waals surface area (Å²) in [6.45, 7) is 6.00. The van der Waals surface area contributed by atoms with Crippen molar-refractivity contribution in [2.45, 2.75) is 12.2 Å². The van der Waals surface area contributed by atoms with Gasteiger partial charge in [-0.15, -0.1) is 0 Å². The van der Waals surface area contributed by atoms with Crippen LogP contribution in [0.3, 0.4) is 0 Å². The highest BCUT2D eigenvalue weighted by molar-refractivity contribution is 8.00. The van der Waals surface area contributed by atoms with Crippen LogP contribution in [0.5, 0.6) is 0 Å². The van der Waals surface area contributed by atoms with Gasteiger partial charge in [0.2, 0.25) is 0 Å². The van der Waals surface area contributed by atoms with Crippen molar-refractivity contribution in [2.24, 2.45) is 0 Å². The molecule has 2 saturated heterocycles. The van der Waals surface area contributed by atoms with Gasteiger partial charge in [-0.05, 0) is 0 Å². The van der Waals surface area contributed by atoms with Gasteiger partial charge in [0.1, 0.15) is 0 Å². The van der Waals surface area contributed by atoms with Crippen LogP contribution in [0, 0.1) is 0 Å². The molecule has 2 aliphatic heterocycles. The van der Waals surface area contributed by atoms with Crippen LogP contribution in [0.1, 0.15) is 0 Å². The summed E-state index contributed by atoms with van der Waals surface area (Å²) in [6.07, 6.45) is 1.08. The standard InChI is InChI=1S/C10H16O2S2/c1-8(4-13-6-9-2-11-9)5-14-7-10-3-12-10/h9-10H,1-7H2. The predicted octanol–water partition coefficient (Wildman–Crippen LogP) is 1.81. The molecule has 0 bridgehead atoms. The van der Waals surface area contributed by atoms with Crippen LogP contribution >= 0.6 is 23.5 Å². The Morgan fingerprint density at radius 2 is 1.50 bits per heavy atom. The summed E-state index contributed by atoms with van der Waals surface area (Å²) in [7, 11) is 0. The molecule has 0 aromatic carbocycles. The quantitative estimate of drug-likeness (QED) is 0.471. The first-order chi connectivity index (χ1) is 6.84. The molecule has 2 aliphatic rings. The van der Waals surface area contributed by atoms with Crippen molar-refractivity contribution >= 4 is 23.5 Å². The summed E-state index contributed by atoms with van der Waals surface area (Å²) in [6, 6.07) is 0. The molecule has 4 heteroatoms. The number of hydrogen-bond acceptors (Lipinski definition) is 4. The number of hydrogen-bond donors (Lipinski definition) is 0. The molecular formula is C10H16O2S2. The first-order valence-electron chi connectivity index (χ1n) is 4.90. The number of ether oxygens (including phenoxy) is 2. The highest BCUT2D eigenvalue weighted by Crippen LogP contribution is 2.21. The summed E-state index contributed by atoms with van der Waals surface area (Å²) < 4.78 is 10.3. The fourth-order valence-corrected chi connectivity index (χ4v) is 3.10. The zero-order valence-corrected chi connectivity index (χ0v) is 9.87. The van der Waals surface area contributed by atoms with E-state index < -0.39 is 0 Å². The molecule has 2 heterocycles. The second-order valence-electron chi connectivity index (χ2n) is 3.69. The molecule has 80 valence electrons. The second-order valence-corrected chi connectivity index (χ2v) is 5.75. The largest absolute Gasteiger partial charge is 0.372 e. The summed E-state index contributed by atoms with van der Waals surface area (Å²) in [5.41, 5.74) is 1.33. The average molecular weight is 232 g/mol. The van der Waals surface area contributed by atoms with Crippen molar-refractivity contribution < 1.29 is 9.47 Å². The highest BCUT2D eigenvalue weighted by atomic mass is 32.2. The van der Waals surface area contributed by atoms with E-state index in [1.807, 2.05) is 23.5 Å². The van der Waals surface area contributed by atoms with E-state index >= 15 is 0 Å². The van der Waals surface area contributed by atoms with E-state index in [1.54, 1.807) is 0 Å². The maximum absolute atomic E-state index is 5.14. The van der Waals surface area contributed by atoms with Gasteiger partial charge in [0, 0.05) is 23.0 Å². The molecule has 0 spiro atoms. The van der Waals surface area contributed by atoms with Gasteiger partial charge < -0.3 is 9.47 Å². The molecule has 0 amide bonds. The Morgan fingerprint density at radius 1 is 1.07 bits per heavy atom. The van der Waals surface area contributed by atoms with Crippen LogP contribution in [-0.4, -0.2) is 48.4 Å². The molecule has 0 radical (unpaired) electrons. The maximum atomic E-state index is 5.14. The van der Waals surface area contributed by atoms with Gasteiger partial charge in [0.05, 0.1) is 25.4 Å². The average Bonchev–Trinajstić information content (AvgIpc) is 2.99. The monoisotopic (exact) mass is 232 g/mol. The minimum atomic E-state index is 0.542. The minimum Gasteiger partial charge on any atom is -0.372 e. The van der Waals surface area contributed by atoms with Gasteiger partial charge >= 0.3 is 0 Å². The van der Waals surface area contributed by atoms with E-state index in [1.165, 1.54) is 5.57 Å². The lowest BCUT2D eigenvalue weighted by molar-refractivity contribution is 0.426. The molecule has 2 nitrogen and oxygen atoms in total. The first-order valence-corrected chi connectivity index (χ1v) is 7.21. The van der Waals surface area contributed by atoms with Crippen LogP contribution in [0.2, 0.25) is 0 Å². The van der Waals surface area contributed by atoms with Gasteiger partial charge in [0.15, 0.2) is 0 Å². The van der Waals surface area contributed by atoms with E-state index in [2.05, 4.69) is 6.58 Å². The molecule has 0 aromatic heterocycles. The van der Waals surface area contributed by atoms with Gasteiger partial charge in [-0.3, -0.25) is 0 Å². The molecule has 2 fully saturated rings. The van der Waals surface area contributed by atoms with Crippen molar-refractivity contribution in [3.05, 3.63) is 12.2 Å². The fourth-order valence-electron chi connectivity index (χ4n) is 1.04. The molecular weight excluding hydrogens is 216 g/mol. The maximum Gasteiger partial charge on any atom is 0.0900 e. The predicted molar refractivity (Wildman–Crippen MR) is 63.3 cm³/mol. The highest BCUT2D eigenvalue weighted by Gasteiger charge is 2.22. The lowest BCUT2D eigenvalue weighted by Gasteiger charge is -2.03. The Kier molecular flexibility index (Phi) is 4.23. The zero-order chi connectivity index (χ0) is 9.80. The Bertz CT molecular complexity index is 180. The Balaban J connectivity index is 1.40. The molecule has 14 heavy (non-hydrogen) atoms. The van der Waals surface area contributed by atoms with E-state index in [-0.39, 0.29) is 0 Å². The van der Waals surface area contributed by atoms with Crippen molar-refractivity contribution in [1.82, 2.24) is 0 Å². The lowest BCUT2D eigenvalue weighted by atomic mass is 10.4. The first kappa shape index (κ1) is 10.9. The molecule has 0 aromatic rings. The van der Waals surface area contributed by atoms with Crippen LogP contribution in [-0.2, 0) is 9.47 Å². The van der Waals surface area contributed by atoms with Gasteiger partial charge in [-0.2, -0.15) is 23.5 Å². The Morgan fingerprint density at radius 3 is 1.86 bits per heavy atom. The summed E-state index contributed by atoms with van der Waals surface area (Å²) in [4.78, 5) is 0. The minimum absolute atomic E-state index is 0.542. The number of rotatable bonds is 8. The van der Waals surface area contributed by atoms with Gasteiger partial charge in [0.25, 0.3) is 0 Å². The third kappa shape index (κ3) is 4.73. The van der Waals surface area contributed by atoms with E-state index in [4.69, 9.17) is 9.47 Å². The SMILES string of the molecule is C=C(CSCC1CO1)CSCC1CO1. The lowest BCUT2D eigenvalue weighted by Crippen LogP contribution is -1.97. The zero-order valence-electron chi connectivity index (χ0n) is 8.24. The molecule has 2 atom stereocenters. The third-order valence-corrected chi connectivity index (χ3v) is 4.46. The smallest absolute Gasteiger partial charge is 0.0900 e. The number of epoxide rings is 2. The summed E-state index contributed by atoms with van der Waals surface area (Å²) in [5, 5.41) is 0. The van der Waals surface area contributed by atoms with Crippen LogP contribution in [0.4, 0.5) is 0 Å². The van der Waals surface area contributed by atoms with Gasteiger partial charge in [-0.25, -0.2) is 0 Å². The van der Waals surface area contributed by atoms with E-state index in [0.29, 0.717) is 12.2 Å². The third-order valence-electron chi connectivity index (χ3n) is 2.02. The van der Waals surface area contributed by atoms with E-state index in [0.717, 1.165) is 36.2 Å². The van der Waals surface area contributed by atoms with Crippen LogP contribution in [0.25, 0.3) is 0 Å². The second kappa shape index (κ2) is 5.45. The Labute approximate surface area is 93.8 Å². The molecule has 2 unspecified atom stereocenters. The summed E-state index contributed by atoms with van der Waals surface area (Å²) in [5.74, 6) is 4.43. The van der Waals surface area contributed by atoms with Crippen LogP contribution < -0.4 is 0 Å². The van der Waals surface area contributed by atoms with Crippen molar-refractivity contribution in [3.8, 4) is 0 Å². The number of thioether (sulfide) groups is 2. The van der Waals surface area contributed by atoms with E-state index in [9.17, 15) is 0 Å². The summed E-state index contributed by atoms with van der Waals surface area (Å²) >= 11 is 3.87.